The molecule has 0 spiro atoms. The highest BCUT2D eigenvalue weighted by atomic mass is 16.3. The summed E-state index contributed by atoms with van der Waals surface area (Å²) in [6.07, 6.45) is 3.57. The first-order valence-corrected chi connectivity index (χ1v) is 5.91. The minimum atomic E-state index is 0.0324. The van der Waals surface area contributed by atoms with Crippen molar-refractivity contribution in [2.75, 3.05) is 42.2 Å². The summed E-state index contributed by atoms with van der Waals surface area (Å²) in [5, 5.41) is 11.6. The largest absolute Gasteiger partial charge is 0.395 e. The van der Waals surface area contributed by atoms with Gasteiger partial charge in [-0.2, -0.15) is 15.0 Å². The number of hydrogen-bond donors (Lipinski definition) is 3. The minimum Gasteiger partial charge on any atom is -0.395 e. The average molecular weight is 238 g/mol. The number of nitrogen functional groups attached to an aromatic ring is 1. The second kappa shape index (κ2) is 5.62. The molecule has 1 fully saturated rings. The van der Waals surface area contributed by atoms with Crippen LogP contribution in [0.15, 0.2) is 0 Å². The molecule has 1 saturated heterocycles. The highest BCUT2D eigenvalue weighted by Crippen LogP contribution is 2.17. The average Bonchev–Trinajstić information content (AvgIpc) is 2.37. The smallest absolute Gasteiger partial charge is 0.231 e. The van der Waals surface area contributed by atoms with E-state index in [0.717, 1.165) is 25.9 Å². The van der Waals surface area contributed by atoms with Crippen LogP contribution in [0.2, 0.25) is 0 Å². The number of nitrogens with zero attached hydrogens (tertiary/aromatic N) is 4. The van der Waals surface area contributed by atoms with Crippen LogP contribution in [0.3, 0.4) is 0 Å². The van der Waals surface area contributed by atoms with Crippen LogP contribution in [0.5, 0.6) is 0 Å². The van der Waals surface area contributed by atoms with Crippen molar-refractivity contribution in [2.24, 2.45) is 0 Å². The SMILES string of the molecule is Nc1nc(NCCO)nc(N2CCCCC2)n1. The Bertz CT molecular complexity index is 366. The zero-order valence-electron chi connectivity index (χ0n) is 9.76. The van der Waals surface area contributed by atoms with Gasteiger partial charge in [-0.3, -0.25) is 0 Å². The first-order valence-electron chi connectivity index (χ1n) is 5.91. The van der Waals surface area contributed by atoms with Crippen molar-refractivity contribution in [3.63, 3.8) is 0 Å². The lowest BCUT2D eigenvalue weighted by atomic mass is 10.1. The van der Waals surface area contributed by atoms with Crippen molar-refractivity contribution in [2.45, 2.75) is 19.3 Å². The van der Waals surface area contributed by atoms with Crippen LogP contribution in [0, 0.1) is 0 Å². The zero-order chi connectivity index (χ0) is 12.1. The van der Waals surface area contributed by atoms with Crippen molar-refractivity contribution in [3.05, 3.63) is 0 Å². The number of rotatable bonds is 4. The Morgan fingerprint density at radius 3 is 2.65 bits per heavy atom. The molecule has 0 aromatic carbocycles. The summed E-state index contributed by atoms with van der Waals surface area (Å²) >= 11 is 0. The second-order valence-corrected chi connectivity index (χ2v) is 4.02. The maximum absolute atomic E-state index is 8.74. The molecule has 94 valence electrons. The molecule has 2 rings (SSSR count). The van der Waals surface area contributed by atoms with Crippen molar-refractivity contribution < 1.29 is 5.11 Å². The maximum Gasteiger partial charge on any atom is 0.231 e. The van der Waals surface area contributed by atoms with E-state index in [1.165, 1.54) is 6.42 Å². The third-order valence-electron chi connectivity index (χ3n) is 2.67. The number of aliphatic hydroxyl groups excluding tert-OH is 1. The van der Waals surface area contributed by atoms with E-state index in [4.69, 9.17) is 10.8 Å². The van der Waals surface area contributed by atoms with Crippen LogP contribution in [-0.2, 0) is 0 Å². The van der Waals surface area contributed by atoms with Gasteiger partial charge in [0.15, 0.2) is 0 Å². The standard InChI is InChI=1S/C10H18N6O/c11-8-13-9(12-4-7-17)15-10(14-8)16-5-2-1-3-6-16/h17H,1-7H2,(H3,11,12,13,14,15). The number of piperidine rings is 1. The molecular weight excluding hydrogens is 220 g/mol. The van der Waals surface area contributed by atoms with Crippen LogP contribution in [0.4, 0.5) is 17.8 Å². The van der Waals surface area contributed by atoms with E-state index in [1.54, 1.807) is 0 Å². The van der Waals surface area contributed by atoms with Crippen molar-refractivity contribution >= 4 is 17.8 Å². The molecule has 0 aliphatic carbocycles. The Labute approximate surface area is 100 Å². The van der Waals surface area contributed by atoms with Gasteiger partial charge in [0.2, 0.25) is 17.8 Å². The number of nitrogens with one attached hydrogen (secondary N) is 1. The van der Waals surface area contributed by atoms with Gasteiger partial charge in [-0.1, -0.05) is 0 Å². The predicted octanol–water partition coefficient (Wildman–Crippen LogP) is -0.152. The van der Waals surface area contributed by atoms with E-state index in [2.05, 4.69) is 25.2 Å². The Kier molecular flexibility index (Phi) is 3.92. The van der Waals surface area contributed by atoms with Crippen LogP contribution in [0.1, 0.15) is 19.3 Å². The van der Waals surface area contributed by atoms with E-state index in [9.17, 15) is 0 Å². The molecule has 4 N–H and O–H groups in total. The quantitative estimate of drug-likeness (QED) is 0.670. The van der Waals surface area contributed by atoms with Gasteiger partial charge in [0.05, 0.1) is 6.61 Å². The molecule has 1 aliphatic heterocycles. The number of hydrogen-bond acceptors (Lipinski definition) is 7. The van der Waals surface area contributed by atoms with Gasteiger partial charge in [-0.05, 0) is 19.3 Å². The molecule has 0 unspecified atom stereocenters. The Balaban J connectivity index is 2.12. The normalized spacial score (nSPS) is 15.9. The Hall–Kier alpha value is -1.63. The minimum absolute atomic E-state index is 0.0324. The third kappa shape index (κ3) is 3.16. The van der Waals surface area contributed by atoms with E-state index in [1.807, 2.05) is 0 Å². The van der Waals surface area contributed by atoms with Gasteiger partial charge < -0.3 is 21.1 Å². The Morgan fingerprint density at radius 1 is 1.18 bits per heavy atom. The summed E-state index contributed by atoms with van der Waals surface area (Å²) in [5.41, 5.74) is 5.65. The maximum atomic E-state index is 8.74. The van der Waals surface area contributed by atoms with E-state index in [-0.39, 0.29) is 12.6 Å². The first-order chi connectivity index (χ1) is 8.29. The zero-order valence-corrected chi connectivity index (χ0v) is 9.76. The lowest BCUT2D eigenvalue weighted by Crippen LogP contribution is -2.31. The van der Waals surface area contributed by atoms with Gasteiger partial charge in [0.25, 0.3) is 0 Å². The summed E-state index contributed by atoms with van der Waals surface area (Å²) in [7, 11) is 0. The molecule has 0 atom stereocenters. The van der Waals surface area contributed by atoms with Gasteiger partial charge >= 0.3 is 0 Å². The van der Waals surface area contributed by atoms with Gasteiger partial charge in [-0.25, -0.2) is 0 Å². The third-order valence-corrected chi connectivity index (χ3v) is 2.67. The highest BCUT2D eigenvalue weighted by molar-refractivity contribution is 5.42. The molecule has 7 heteroatoms. The lowest BCUT2D eigenvalue weighted by molar-refractivity contribution is 0.311. The van der Waals surface area contributed by atoms with Crippen LogP contribution in [-0.4, -0.2) is 46.3 Å². The molecule has 1 aromatic heterocycles. The molecule has 1 aromatic rings. The predicted molar refractivity (Wildman–Crippen MR) is 65.9 cm³/mol. The van der Waals surface area contributed by atoms with E-state index < -0.39 is 0 Å². The molecule has 0 saturated carbocycles. The van der Waals surface area contributed by atoms with Gasteiger partial charge in [-0.15, -0.1) is 0 Å². The molecule has 0 amide bonds. The number of aliphatic hydroxyl groups is 1. The second-order valence-electron chi connectivity index (χ2n) is 4.02. The van der Waals surface area contributed by atoms with E-state index >= 15 is 0 Å². The summed E-state index contributed by atoms with van der Waals surface area (Å²) in [5.74, 6) is 1.26. The van der Waals surface area contributed by atoms with Gasteiger partial charge in [0.1, 0.15) is 0 Å². The topological polar surface area (TPSA) is 100 Å². The molecule has 7 nitrogen and oxygen atoms in total. The summed E-state index contributed by atoms with van der Waals surface area (Å²) in [6.45, 7) is 2.36. The monoisotopic (exact) mass is 238 g/mol. The van der Waals surface area contributed by atoms with Crippen LogP contribution >= 0.6 is 0 Å². The van der Waals surface area contributed by atoms with Gasteiger partial charge in [0, 0.05) is 19.6 Å². The fourth-order valence-electron chi connectivity index (χ4n) is 1.86. The fraction of sp³-hybridized carbons (Fsp3) is 0.700. The van der Waals surface area contributed by atoms with Crippen molar-refractivity contribution in [1.29, 1.82) is 0 Å². The molecule has 1 aliphatic rings. The summed E-state index contributed by atoms with van der Waals surface area (Å²) in [4.78, 5) is 14.5. The fourth-order valence-corrected chi connectivity index (χ4v) is 1.86. The lowest BCUT2D eigenvalue weighted by Gasteiger charge is -2.26. The van der Waals surface area contributed by atoms with Crippen LogP contribution < -0.4 is 16.0 Å². The Morgan fingerprint density at radius 2 is 1.94 bits per heavy atom. The van der Waals surface area contributed by atoms with Crippen LogP contribution in [0.25, 0.3) is 0 Å². The molecule has 2 heterocycles. The number of anilines is 3. The number of aromatic nitrogens is 3. The number of nitrogens with two attached hydrogens (primary N) is 1. The molecule has 0 bridgehead atoms. The van der Waals surface area contributed by atoms with Crippen molar-refractivity contribution in [1.82, 2.24) is 15.0 Å². The molecule has 17 heavy (non-hydrogen) atoms. The molecular formula is C10H18N6O. The highest BCUT2D eigenvalue weighted by Gasteiger charge is 2.15. The first kappa shape index (κ1) is 11.8. The summed E-state index contributed by atoms with van der Waals surface area (Å²) in [6, 6.07) is 0. The molecule has 0 radical (unpaired) electrons. The summed E-state index contributed by atoms with van der Waals surface area (Å²) < 4.78 is 0. The van der Waals surface area contributed by atoms with E-state index in [0.29, 0.717) is 18.4 Å². The van der Waals surface area contributed by atoms with Crippen molar-refractivity contribution in [3.8, 4) is 0 Å².